The molecule has 0 radical (unpaired) electrons. The van der Waals surface area contributed by atoms with Crippen LogP contribution in [-0.4, -0.2) is 4.68 Å². The average Bonchev–Trinajstić information content (AvgIpc) is 3.08. The van der Waals surface area contributed by atoms with E-state index < -0.39 is 24.5 Å². The number of aryl methyl sites for hydroxylation is 1. The minimum absolute atomic E-state index is 0.0541. The highest BCUT2D eigenvalue weighted by atomic mass is 15.4. The minimum Gasteiger partial charge on any atom is -0.149 e. The summed E-state index contributed by atoms with van der Waals surface area (Å²) in [4.78, 5) is 0. The van der Waals surface area contributed by atoms with Crippen LogP contribution in [0.5, 0.6) is 0 Å². The van der Waals surface area contributed by atoms with E-state index in [-0.39, 0.29) is 12.0 Å². The molecule has 5 rings (SSSR count). The van der Waals surface area contributed by atoms with Crippen molar-refractivity contribution < 1.29 is 12.7 Å². The van der Waals surface area contributed by atoms with Gasteiger partial charge in [-0.1, -0.05) is 70.3 Å². The van der Waals surface area contributed by atoms with Crippen molar-refractivity contribution in [2.75, 3.05) is 0 Å². The van der Waals surface area contributed by atoms with Crippen LogP contribution in [0.4, 0.5) is 0 Å². The molecule has 2 heterocycles. The van der Waals surface area contributed by atoms with Gasteiger partial charge in [-0.3, -0.25) is 0 Å². The molecule has 1 atom stereocenters. The topological polar surface area (TPSA) is 9.03 Å². The number of rotatable bonds is 2. The Labute approximate surface area is 195 Å². The second-order valence-corrected chi connectivity index (χ2v) is 10.6. The van der Waals surface area contributed by atoms with E-state index in [2.05, 4.69) is 43.0 Å². The quantitative estimate of drug-likeness (QED) is 0.236. The molecule has 162 valence electrons. The van der Waals surface area contributed by atoms with Crippen molar-refractivity contribution >= 4 is 27.2 Å². The molecule has 2 nitrogen and oxygen atoms in total. The molecule has 0 amide bonds. The van der Waals surface area contributed by atoms with Crippen molar-refractivity contribution in [3.63, 3.8) is 0 Å². The van der Waals surface area contributed by atoms with Gasteiger partial charge in [-0.05, 0) is 56.1 Å². The molecule has 0 saturated carbocycles. The minimum atomic E-state index is -2.32. The first-order valence-corrected chi connectivity index (χ1v) is 11.4. The van der Waals surface area contributed by atoms with Crippen molar-refractivity contribution in [3.8, 4) is 0 Å². The SMILES string of the molecule is [2H]C([2H])([2H])c1ccc2c3c1c1cccc(C(C)C)c1[n+]1c3c(c(C)n1C(C)C)C(C)(C([2H])([2H])[2H])C2(C)C. The third kappa shape index (κ3) is 2.26. The Bertz CT molecular complexity index is 1600. The van der Waals surface area contributed by atoms with Gasteiger partial charge in [0.15, 0.2) is 0 Å². The van der Waals surface area contributed by atoms with E-state index in [1.807, 2.05) is 45.9 Å². The Morgan fingerprint density at radius 2 is 1.68 bits per heavy atom. The van der Waals surface area contributed by atoms with E-state index in [4.69, 9.17) is 8.22 Å². The highest BCUT2D eigenvalue weighted by Crippen LogP contribution is 2.54. The van der Waals surface area contributed by atoms with E-state index in [0.717, 1.165) is 49.6 Å². The number of pyridine rings is 1. The van der Waals surface area contributed by atoms with Gasteiger partial charge in [0.2, 0.25) is 11.0 Å². The summed E-state index contributed by atoms with van der Waals surface area (Å²) in [6.07, 6.45) is 0. The first kappa shape index (κ1) is 14.7. The molecule has 1 unspecified atom stereocenters. The molecule has 0 bridgehead atoms. The third-order valence-corrected chi connectivity index (χ3v) is 7.89. The molecule has 1 aliphatic rings. The summed E-state index contributed by atoms with van der Waals surface area (Å²) in [5, 5.41) is 2.48. The van der Waals surface area contributed by atoms with E-state index in [1.54, 1.807) is 6.07 Å². The lowest BCUT2D eigenvalue weighted by atomic mass is 9.57. The largest absolute Gasteiger partial charge is 0.250 e. The van der Waals surface area contributed by atoms with Crippen LogP contribution in [-0.2, 0) is 10.8 Å². The second kappa shape index (κ2) is 6.12. The van der Waals surface area contributed by atoms with Gasteiger partial charge in [0.05, 0.1) is 28.1 Å². The van der Waals surface area contributed by atoms with Gasteiger partial charge < -0.3 is 0 Å². The van der Waals surface area contributed by atoms with Crippen LogP contribution in [0.2, 0.25) is 0 Å². The van der Waals surface area contributed by atoms with Crippen LogP contribution in [0.3, 0.4) is 0 Å². The number of hydrogen-bond acceptors (Lipinski definition) is 0. The van der Waals surface area contributed by atoms with Gasteiger partial charge in [-0.25, -0.2) is 0 Å². The van der Waals surface area contributed by atoms with Gasteiger partial charge in [-0.15, -0.1) is 4.68 Å². The van der Waals surface area contributed by atoms with Crippen LogP contribution in [0.25, 0.3) is 27.2 Å². The number of benzene rings is 2. The number of hydrogen-bond donors (Lipinski definition) is 0. The predicted molar refractivity (Wildman–Crippen MR) is 133 cm³/mol. The molecular weight excluding hydrogens is 376 g/mol. The first-order chi connectivity index (χ1) is 16.9. The molecule has 2 heteroatoms. The van der Waals surface area contributed by atoms with E-state index >= 15 is 0 Å². The molecule has 31 heavy (non-hydrogen) atoms. The fraction of sp³-hybridized carbons (Fsp3) is 0.483. The number of para-hydroxylation sites is 1. The van der Waals surface area contributed by atoms with Crippen molar-refractivity contribution in [1.82, 2.24) is 4.68 Å². The first-order valence-electron chi connectivity index (χ1n) is 14.4. The van der Waals surface area contributed by atoms with Gasteiger partial charge in [0, 0.05) is 24.6 Å². The normalized spacial score (nSPS) is 23.9. The van der Waals surface area contributed by atoms with Crippen LogP contribution >= 0.6 is 0 Å². The van der Waals surface area contributed by atoms with Crippen molar-refractivity contribution in [2.24, 2.45) is 0 Å². The summed E-state index contributed by atoms with van der Waals surface area (Å²) in [6.45, 7) is 11.8. The number of fused-ring (bicyclic) bond motifs is 3. The van der Waals surface area contributed by atoms with E-state index in [9.17, 15) is 0 Å². The van der Waals surface area contributed by atoms with Crippen LogP contribution in [0.15, 0.2) is 30.3 Å². The molecule has 0 saturated heterocycles. The summed E-state index contributed by atoms with van der Waals surface area (Å²) in [6, 6.07) is 9.78. The standard InChI is InChI=1S/C29H37N2/c1-16(2)20-12-11-13-21-23-18(5)14-15-22-24(23)27-25(29(9,10)28(22,7)8)19(6)30(17(3)4)31(27)26(20)21/h11-17H,1-10H3/q+1/i5D3,9D3. The molecule has 2 aromatic heterocycles. The van der Waals surface area contributed by atoms with E-state index in [1.165, 1.54) is 0 Å². The Morgan fingerprint density at radius 3 is 2.29 bits per heavy atom. The summed E-state index contributed by atoms with van der Waals surface area (Å²) in [7, 11) is 0. The molecule has 4 aromatic rings. The maximum absolute atomic E-state index is 8.83. The molecule has 1 aliphatic carbocycles. The van der Waals surface area contributed by atoms with Crippen LogP contribution < -0.4 is 4.52 Å². The zero-order valence-electron chi connectivity index (χ0n) is 25.9. The second-order valence-electron chi connectivity index (χ2n) is 10.6. The number of nitrogens with zero attached hydrogens (tertiary/aromatic N) is 2. The maximum Gasteiger partial charge on any atom is 0.250 e. The summed E-state index contributed by atoms with van der Waals surface area (Å²) in [5.41, 5.74) is 3.83. The lowest BCUT2D eigenvalue weighted by Crippen LogP contribution is -2.44. The van der Waals surface area contributed by atoms with Crippen molar-refractivity contribution in [2.45, 2.75) is 91.9 Å². The zero-order valence-corrected chi connectivity index (χ0v) is 19.9. The predicted octanol–water partition coefficient (Wildman–Crippen LogP) is 7.42. The van der Waals surface area contributed by atoms with Gasteiger partial charge in [0.25, 0.3) is 0 Å². The smallest absolute Gasteiger partial charge is 0.149 e. The highest BCUT2D eigenvalue weighted by Gasteiger charge is 2.51. The summed E-state index contributed by atoms with van der Waals surface area (Å²) < 4.78 is 56.2. The Hall–Kier alpha value is -2.35. The zero-order chi connectivity index (χ0) is 27.6. The monoisotopic (exact) mass is 419 g/mol. The average molecular weight is 420 g/mol. The highest BCUT2D eigenvalue weighted by molar-refractivity contribution is 6.15. The fourth-order valence-corrected chi connectivity index (χ4v) is 6.01. The van der Waals surface area contributed by atoms with Gasteiger partial charge in [0.1, 0.15) is 0 Å². The molecule has 0 aliphatic heterocycles. The summed E-state index contributed by atoms with van der Waals surface area (Å²) >= 11 is 0. The maximum atomic E-state index is 8.83. The van der Waals surface area contributed by atoms with Crippen LogP contribution in [0, 0.1) is 13.8 Å². The fourth-order valence-electron chi connectivity index (χ4n) is 6.01. The third-order valence-electron chi connectivity index (χ3n) is 7.89. The lowest BCUT2D eigenvalue weighted by Gasteiger charge is -2.44. The van der Waals surface area contributed by atoms with Crippen molar-refractivity contribution in [3.05, 3.63) is 58.3 Å². The molecular formula is C29H37N2+. The lowest BCUT2D eigenvalue weighted by molar-refractivity contribution is -0.587. The van der Waals surface area contributed by atoms with Crippen molar-refractivity contribution in [1.29, 1.82) is 0 Å². The van der Waals surface area contributed by atoms with Crippen LogP contribution in [0.1, 0.15) is 103 Å². The van der Waals surface area contributed by atoms with E-state index in [0.29, 0.717) is 5.56 Å². The van der Waals surface area contributed by atoms with Gasteiger partial charge >= 0.3 is 0 Å². The summed E-state index contributed by atoms with van der Waals surface area (Å²) in [5.74, 6) is 0.184. The molecule has 0 spiro atoms. The Balaban J connectivity index is 2.30. The molecule has 0 fully saturated rings. The Kier molecular flexibility index (Phi) is 2.89. The number of aromatic nitrogens is 2. The molecule has 2 aromatic carbocycles. The Morgan fingerprint density at radius 1 is 0.935 bits per heavy atom. The van der Waals surface area contributed by atoms with Gasteiger partial charge in [-0.2, -0.15) is 0 Å². The molecule has 0 N–H and O–H groups in total.